The molecule has 0 fully saturated rings. The second kappa shape index (κ2) is 5.25. The molecule has 0 atom stereocenters. The number of aromatic carboxylic acids is 1. The smallest absolute Gasteiger partial charge is 0.338 e. The van der Waals surface area contributed by atoms with Crippen molar-refractivity contribution in [2.45, 2.75) is 9.96 Å². The lowest BCUT2D eigenvalue weighted by Gasteiger charge is -2.07. The third-order valence-electron chi connectivity index (χ3n) is 2.26. The first kappa shape index (κ1) is 12.0. The van der Waals surface area contributed by atoms with Gasteiger partial charge in [-0.1, -0.05) is 18.2 Å². The molecule has 0 bridgehead atoms. The minimum Gasteiger partial charge on any atom is -0.478 e. The number of carbonyl (C=O) groups is 1. The van der Waals surface area contributed by atoms with Crippen LogP contribution in [0.4, 0.5) is 5.69 Å². The van der Waals surface area contributed by atoms with Crippen LogP contribution < -0.4 is 5.73 Å². The Kier molecular flexibility index (Phi) is 3.71. The minimum atomic E-state index is -0.968. The van der Waals surface area contributed by atoms with Crippen LogP contribution in [0.1, 0.15) is 15.9 Å². The fourth-order valence-corrected chi connectivity index (χ4v) is 3.27. The number of rotatable bonds is 4. The molecule has 0 aliphatic carbocycles. The van der Waals surface area contributed by atoms with Crippen molar-refractivity contribution in [1.82, 2.24) is 0 Å². The number of carboxylic acids is 1. The van der Waals surface area contributed by atoms with E-state index in [1.807, 2.05) is 17.5 Å². The van der Waals surface area contributed by atoms with Gasteiger partial charge in [0.1, 0.15) is 0 Å². The molecular formula is C12H11NO2S2. The van der Waals surface area contributed by atoms with E-state index in [1.54, 1.807) is 41.3 Å². The van der Waals surface area contributed by atoms with E-state index in [0.29, 0.717) is 11.4 Å². The van der Waals surface area contributed by atoms with Gasteiger partial charge in [-0.25, -0.2) is 4.79 Å². The lowest BCUT2D eigenvalue weighted by atomic mass is 10.1. The fourth-order valence-electron chi connectivity index (χ4n) is 1.50. The van der Waals surface area contributed by atoms with E-state index in [-0.39, 0.29) is 5.56 Å². The van der Waals surface area contributed by atoms with E-state index < -0.39 is 5.97 Å². The van der Waals surface area contributed by atoms with E-state index in [0.717, 1.165) is 5.56 Å². The molecule has 5 heteroatoms. The molecule has 1 aromatic heterocycles. The van der Waals surface area contributed by atoms with Gasteiger partial charge in [0.2, 0.25) is 0 Å². The Morgan fingerprint density at radius 2 is 2.18 bits per heavy atom. The summed E-state index contributed by atoms with van der Waals surface area (Å²) in [5.74, 6) is -0.349. The third-order valence-corrected chi connectivity index (χ3v) is 4.44. The van der Waals surface area contributed by atoms with E-state index in [1.165, 1.54) is 4.21 Å². The minimum absolute atomic E-state index is 0.219. The molecule has 0 amide bonds. The van der Waals surface area contributed by atoms with Crippen LogP contribution in [0.15, 0.2) is 39.9 Å². The van der Waals surface area contributed by atoms with Gasteiger partial charge in [-0.05, 0) is 23.1 Å². The van der Waals surface area contributed by atoms with Crippen molar-refractivity contribution in [3.05, 3.63) is 46.8 Å². The van der Waals surface area contributed by atoms with Crippen molar-refractivity contribution < 1.29 is 9.90 Å². The first-order valence-electron chi connectivity index (χ1n) is 4.95. The first-order chi connectivity index (χ1) is 8.18. The predicted octanol–water partition coefficient (Wildman–Crippen LogP) is 3.32. The molecular weight excluding hydrogens is 254 g/mol. The van der Waals surface area contributed by atoms with Crippen molar-refractivity contribution >= 4 is 34.8 Å². The highest BCUT2D eigenvalue weighted by molar-refractivity contribution is 8.00. The molecule has 3 N–H and O–H groups in total. The molecule has 0 radical (unpaired) electrons. The van der Waals surface area contributed by atoms with Gasteiger partial charge >= 0.3 is 5.97 Å². The summed E-state index contributed by atoms with van der Waals surface area (Å²) in [6, 6.07) is 9.20. The third kappa shape index (κ3) is 2.81. The number of benzene rings is 1. The van der Waals surface area contributed by atoms with Gasteiger partial charge in [-0.15, -0.1) is 23.1 Å². The lowest BCUT2D eigenvalue weighted by molar-refractivity contribution is 0.0697. The monoisotopic (exact) mass is 265 g/mol. The van der Waals surface area contributed by atoms with Crippen molar-refractivity contribution in [2.75, 3.05) is 5.73 Å². The zero-order valence-electron chi connectivity index (χ0n) is 8.92. The van der Waals surface area contributed by atoms with Crippen LogP contribution in [0, 0.1) is 0 Å². The second-order valence-electron chi connectivity index (χ2n) is 3.41. The second-order valence-corrected chi connectivity index (χ2v) is 5.63. The molecule has 1 aromatic carbocycles. The largest absolute Gasteiger partial charge is 0.478 e. The van der Waals surface area contributed by atoms with Gasteiger partial charge in [0.05, 0.1) is 9.77 Å². The van der Waals surface area contributed by atoms with Crippen LogP contribution in [0.5, 0.6) is 0 Å². The van der Waals surface area contributed by atoms with Gasteiger partial charge in [-0.2, -0.15) is 0 Å². The van der Waals surface area contributed by atoms with Gasteiger partial charge < -0.3 is 10.8 Å². The molecule has 17 heavy (non-hydrogen) atoms. The summed E-state index contributed by atoms with van der Waals surface area (Å²) in [4.78, 5) is 11.1. The SMILES string of the molecule is Nc1cccc(CSc2cccs2)c1C(=O)O. The maximum Gasteiger partial charge on any atom is 0.338 e. The van der Waals surface area contributed by atoms with E-state index >= 15 is 0 Å². The Morgan fingerprint density at radius 3 is 2.82 bits per heavy atom. The number of hydrogen-bond acceptors (Lipinski definition) is 4. The van der Waals surface area contributed by atoms with Crippen LogP contribution in [0.3, 0.4) is 0 Å². The first-order valence-corrected chi connectivity index (χ1v) is 6.82. The van der Waals surface area contributed by atoms with Crippen LogP contribution in [0.25, 0.3) is 0 Å². The van der Waals surface area contributed by atoms with Gasteiger partial charge in [0.25, 0.3) is 0 Å². The standard InChI is InChI=1S/C12H11NO2S2/c13-9-4-1-3-8(11(9)12(14)15)7-17-10-5-2-6-16-10/h1-6H,7,13H2,(H,14,15). The summed E-state index contributed by atoms with van der Waals surface area (Å²) in [5, 5.41) is 11.1. The highest BCUT2D eigenvalue weighted by Crippen LogP contribution is 2.29. The molecule has 2 aromatic rings. The Balaban J connectivity index is 2.21. The molecule has 1 heterocycles. The average molecular weight is 265 g/mol. The molecule has 2 rings (SSSR count). The number of anilines is 1. The zero-order chi connectivity index (χ0) is 12.3. The molecule has 0 aliphatic heterocycles. The normalized spacial score (nSPS) is 10.4. The number of thiophene rings is 1. The number of thioether (sulfide) groups is 1. The Hall–Kier alpha value is -1.46. The lowest BCUT2D eigenvalue weighted by Crippen LogP contribution is -2.06. The van der Waals surface area contributed by atoms with Gasteiger partial charge in [-0.3, -0.25) is 0 Å². The maximum absolute atomic E-state index is 11.1. The number of carboxylic acid groups (broad SMARTS) is 1. The van der Waals surface area contributed by atoms with Gasteiger partial charge in [0, 0.05) is 11.4 Å². The number of nitrogens with two attached hydrogens (primary N) is 1. The molecule has 0 unspecified atom stereocenters. The van der Waals surface area contributed by atoms with Crippen LogP contribution >= 0.6 is 23.1 Å². The van der Waals surface area contributed by atoms with Gasteiger partial charge in [0.15, 0.2) is 0 Å². The van der Waals surface area contributed by atoms with E-state index in [4.69, 9.17) is 10.8 Å². The Bertz CT molecular complexity index is 523. The molecule has 0 saturated heterocycles. The predicted molar refractivity (Wildman–Crippen MR) is 71.7 cm³/mol. The number of nitrogen functional groups attached to an aromatic ring is 1. The van der Waals surface area contributed by atoms with Crippen LogP contribution in [-0.4, -0.2) is 11.1 Å². The highest BCUT2D eigenvalue weighted by Gasteiger charge is 2.13. The maximum atomic E-state index is 11.1. The average Bonchev–Trinajstić information content (AvgIpc) is 2.78. The molecule has 0 spiro atoms. The van der Waals surface area contributed by atoms with E-state index in [9.17, 15) is 4.79 Å². The summed E-state index contributed by atoms with van der Waals surface area (Å²) in [6.45, 7) is 0. The summed E-state index contributed by atoms with van der Waals surface area (Å²) in [7, 11) is 0. The van der Waals surface area contributed by atoms with Crippen molar-refractivity contribution in [3.8, 4) is 0 Å². The summed E-state index contributed by atoms with van der Waals surface area (Å²) >= 11 is 3.26. The molecule has 88 valence electrons. The molecule has 0 saturated carbocycles. The fraction of sp³-hybridized carbons (Fsp3) is 0.0833. The van der Waals surface area contributed by atoms with Crippen LogP contribution in [0.2, 0.25) is 0 Å². The molecule has 3 nitrogen and oxygen atoms in total. The Labute approximate surface area is 107 Å². The zero-order valence-corrected chi connectivity index (χ0v) is 10.6. The van der Waals surface area contributed by atoms with E-state index in [2.05, 4.69) is 0 Å². The number of hydrogen-bond donors (Lipinski definition) is 2. The van der Waals surface area contributed by atoms with Crippen molar-refractivity contribution in [2.24, 2.45) is 0 Å². The summed E-state index contributed by atoms with van der Waals surface area (Å²) < 4.78 is 1.17. The quantitative estimate of drug-likeness (QED) is 0.657. The highest BCUT2D eigenvalue weighted by atomic mass is 32.2. The van der Waals surface area contributed by atoms with Crippen molar-refractivity contribution in [1.29, 1.82) is 0 Å². The van der Waals surface area contributed by atoms with Crippen LogP contribution in [-0.2, 0) is 5.75 Å². The summed E-state index contributed by atoms with van der Waals surface area (Å²) in [6.07, 6.45) is 0. The van der Waals surface area contributed by atoms with Crippen molar-refractivity contribution in [3.63, 3.8) is 0 Å². The Morgan fingerprint density at radius 1 is 1.35 bits per heavy atom. The summed E-state index contributed by atoms with van der Waals surface area (Å²) in [5.41, 5.74) is 6.98. The molecule has 0 aliphatic rings. The topological polar surface area (TPSA) is 63.3 Å².